The third kappa shape index (κ3) is 5.26. The number of hydrogen-bond donors (Lipinski definition) is 1. The first kappa shape index (κ1) is 21.8. The van der Waals surface area contributed by atoms with Gasteiger partial charge in [-0.1, -0.05) is 24.3 Å². The van der Waals surface area contributed by atoms with Crippen LogP contribution in [0.25, 0.3) is 0 Å². The fourth-order valence-electron chi connectivity index (χ4n) is 3.63. The topological polar surface area (TPSA) is 81.5 Å². The van der Waals surface area contributed by atoms with E-state index in [0.29, 0.717) is 38.5 Å². The van der Waals surface area contributed by atoms with Crippen LogP contribution >= 0.6 is 0 Å². The number of aromatic nitrogens is 3. The summed E-state index contributed by atoms with van der Waals surface area (Å²) in [5.41, 5.74) is 2.91. The molecule has 1 saturated heterocycles. The molecular formula is C24H29N5O3. The summed E-state index contributed by atoms with van der Waals surface area (Å²) < 4.78 is 13.5. The molecule has 4 rings (SSSR count). The zero-order valence-electron chi connectivity index (χ0n) is 18.7. The minimum atomic E-state index is -0.266. The lowest BCUT2D eigenvalue weighted by Gasteiger charge is -2.33. The molecule has 1 aromatic carbocycles. The van der Waals surface area contributed by atoms with Crippen molar-refractivity contribution in [3.63, 3.8) is 0 Å². The van der Waals surface area contributed by atoms with Gasteiger partial charge in [-0.25, -0.2) is 4.98 Å². The third-order valence-electron chi connectivity index (χ3n) is 5.56. The van der Waals surface area contributed by atoms with Crippen molar-refractivity contribution in [2.24, 2.45) is 7.05 Å². The first-order valence-corrected chi connectivity index (χ1v) is 10.8. The number of amides is 1. The molecule has 1 aliphatic heterocycles. The fraction of sp³-hybridized carbons (Fsp3) is 0.375. The Balaban J connectivity index is 1.34. The lowest BCUT2D eigenvalue weighted by molar-refractivity contribution is -0.139. The zero-order valence-corrected chi connectivity index (χ0v) is 18.7. The lowest BCUT2D eigenvalue weighted by Crippen LogP contribution is -2.42. The Morgan fingerprint density at radius 2 is 2.03 bits per heavy atom. The predicted molar refractivity (Wildman–Crippen MR) is 122 cm³/mol. The first-order valence-electron chi connectivity index (χ1n) is 10.8. The van der Waals surface area contributed by atoms with Crippen LogP contribution in [0.3, 0.4) is 0 Å². The Kier molecular flexibility index (Phi) is 6.70. The van der Waals surface area contributed by atoms with Gasteiger partial charge in [0.1, 0.15) is 17.7 Å². The van der Waals surface area contributed by atoms with Gasteiger partial charge in [0.15, 0.2) is 5.82 Å². The van der Waals surface area contributed by atoms with Crippen molar-refractivity contribution in [2.45, 2.75) is 26.4 Å². The normalized spacial score (nSPS) is 16.1. The molecule has 8 heteroatoms. The average Bonchev–Trinajstić information content (AvgIpc) is 3.11. The van der Waals surface area contributed by atoms with Crippen LogP contribution < -0.4 is 10.1 Å². The highest BCUT2D eigenvalue weighted by molar-refractivity contribution is 5.76. The van der Waals surface area contributed by atoms with Gasteiger partial charge in [-0.2, -0.15) is 5.10 Å². The van der Waals surface area contributed by atoms with E-state index in [9.17, 15) is 4.79 Å². The highest BCUT2D eigenvalue weighted by Crippen LogP contribution is 2.24. The molecule has 0 spiro atoms. The van der Waals surface area contributed by atoms with Gasteiger partial charge in [0.2, 0.25) is 5.91 Å². The Morgan fingerprint density at radius 3 is 2.81 bits per heavy atom. The molecule has 3 heterocycles. The van der Waals surface area contributed by atoms with Crippen molar-refractivity contribution in [1.29, 1.82) is 0 Å². The molecule has 1 amide bonds. The number of rotatable bonds is 7. The van der Waals surface area contributed by atoms with Crippen molar-refractivity contribution in [2.75, 3.05) is 31.6 Å². The molecule has 1 N–H and O–H groups in total. The van der Waals surface area contributed by atoms with E-state index in [-0.39, 0.29) is 12.0 Å². The molecule has 1 aliphatic rings. The third-order valence-corrected chi connectivity index (χ3v) is 5.56. The molecule has 8 nitrogen and oxygen atoms in total. The molecule has 3 aromatic rings. The molecular weight excluding hydrogens is 406 g/mol. The van der Waals surface area contributed by atoms with Gasteiger partial charge in [0.05, 0.1) is 31.9 Å². The van der Waals surface area contributed by atoms with Gasteiger partial charge in [-0.3, -0.25) is 9.48 Å². The van der Waals surface area contributed by atoms with Gasteiger partial charge in [0, 0.05) is 25.4 Å². The summed E-state index contributed by atoms with van der Waals surface area (Å²) in [4.78, 5) is 19.3. The van der Waals surface area contributed by atoms with Crippen LogP contribution in [0.5, 0.6) is 5.75 Å². The van der Waals surface area contributed by atoms with Gasteiger partial charge in [0.25, 0.3) is 0 Å². The number of carbonyl (C=O) groups is 1. The summed E-state index contributed by atoms with van der Waals surface area (Å²) in [6, 6.07) is 15.5. The quantitative estimate of drug-likeness (QED) is 0.611. The van der Waals surface area contributed by atoms with Crippen LogP contribution in [0.15, 0.2) is 48.5 Å². The number of para-hydroxylation sites is 1. The minimum absolute atomic E-state index is 0.0603. The minimum Gasteiger partial charge on any atom is -0.493 e. The Bertz CT molecular complexity index is 1060. The van der Waals surface area contributed by atoms with Crippen LogP contribution in [0.1, 0.15) is 29.5 Å². The van der Waals surface area contributed by atoms with E-state index < -0.39 is 0 Å². The summed E-state index contributed by atoms with van der Waals surface area (Å²) in [6.45, 7) is 5.87. The maximum atomic E-state index is 12.7. The van der Waals surface area contributed by atoms with Crippen molar-refractivity contribution >= 4 is 17.5 Å². The van der Waals surface area contributed by atoms with Crippen LogP contribution in [0.2, 0.25) is 0 Å². The molecule has 1 fully saturated rings. The second-order valence-corrected chi connectivity index (χ2v) is 7.93. The lowest BCUT2D eigenvalue weighted by atomic mass is 10.1. The molecule has 0 saturated carbocycles. The second-order valence-electron chi connectivity index (χ2n) is 7.93. The summed E-state index contributed by atoms with van der Waals surface area (Å²) in [5.74, 6) is 2.31. The van der Waals surface area contributed by atoms with E-state index in [4.69, 9.17) is 9.47 Å². The van der Waals surface area contributed by atoms with E-state index in [1.54, 1.807) is 0 Å². The smallest absolute Gasteiger partial charge is 0.226 e. The number of carbonyl (C=O) groups excluding carboxylic acids is 1. The predicted octanol–water partition coefficient (Wildman–Crippen LogP) is 3.54. The number of anilines is 2. The summed E-state index contributed by atoms with van der Waals surface area (Å²) in [7, 11) is 1.90. The molecule has 32 heavy (non-hydrogen) atoms. The van der Waals surface area contributed by atoms with Crippen molar-refractivity contribution < 1.29 is 14.3 Å². The van der Waals surface area contributed by atoms with Gasteiger partial charge < -0.3 is 19.7 Å². The van der Waals surface area contributed by atoms with E-state index in [1.807, 2.05) is 79.0 Å². The van der Waals surface area contributed by atoms with Gasteiger partial charge in [-0.15, -0.1) is 0 Å². The molecule has 168 valence electrons. The number of nitrogens with zero attached hydrogens (tertiary/aromatic N) is 4. The largest absolute Gasteiger partial charge is 0.493 e. The van der Waals surface area contributed by atoms with Crippen LogP contribution in [-0.4, -0.2) is 51.9 Å². The standard InChI is InChI=1S/C24H29N5O3/c1-17-7-4-5-9-20(17)31-13-11-24(30)29-12-14-32-21(16-29)19-8-6-10-22(25-19)26-23-15-18(2)28(3)27-23/h4-10,15,21H,11-14,16H2,1-3H3,(H,25,26,27)/t21-/m0/s1. The van der Waals surface area contributed by atoms with Gasteiger partial charge in [-0.05, 0) is 37.6 Å². The molecule has 1 atom stereocenters. The molecule has 0 unspecified atom stereocenters. The zero-order chi connectivity index (χ0) is 22.5. The maximum absolute atomic E-state index is 12.7. The molecule has 0 bridgehead atoms. The Labute approximate surface area is 188 Å². The van der Waals surface area contributed by atoms with Crippen molar-refractivity contribution in [3.8, 4) is 5.75 Å². The number of morpholine rings is 1. The number of pyridine rings is 1. The van der Waals surface area contributed by atoms with E-state index in [0.717, 1.165) is 28.5 Å². The number of hydrogen-bond acceptors (Lipinski definition) is 6. The van der Waals surface area contributed by atoms with E-state index in [1.165, 1.54) is 0 Å². The Morgan fingerprint density at radius 1 is 1.19 bits per heavy atom. The van der Waals surface area contributed by atoms with Crippen molar-refractivity contribution in [3.05, 3.63) is 65.5 Å². The van der Waals surface area contributed by atoms with Crippen LogP contribution in [-0.2, 0) is 16.6 Å². The van der Waals surface area contributed by atoms with E-state index >= 15 is 0 Å². The van der Waals surface area contributed by atoms with Crippen LogP contribution in [0, 0.1) is 13.8 Å². The highest BCUT2D eigenvalue weighted by atomic mass is 16.5. The number of nitrogens with one attached hydrogen (secondary N) is 1. The van der Waals surface area contributed by atoms with E-state index in [2.05, 4.69) is 15.4 Å². The molecule has 2 aromatic heterocycles. The monoisotopic (exact) mass is 435 g/mol. The van der Waals surface area contributed by atoms with Crippen LogP contribution in [0.4, 0.5) is 11.6 Å². The van der Waals surface area contributed by atoms with Crippen molar-refractivity contribution in [1.82, 2.24) is 19.7 Å². The summed E-state index contributed by atoms with van der Waals surface area (Å²) >= 11 is 0. The maximum Gasteiger partial charge on any atom is 0.226 e. The fourth-order valence-corrected chi connectivity index (χ4v) is 3.63. The molecule has 0 aliphatic carbocycles. The summed E-state index contributed by atoms with van der Waals surface area (Å²) in [6.07, 6.45) is 0.0620. The number of benzene rings is 1. The average molecular weight is 436 g/mol. The summed E-state index contributed by atoms with van der Waals surface area (Å²) in [5, 5.41) is 7.64. The number of ether oxygens (including phenoxy) is 2. The Hall–Kier alpha value is -3.39. The second kappa shape index (κ2) is 9.82. The highest BCUT2D eigenvalue weighted by Gasteiger charge is 2.26. The first-order chi connectivity index (χ1) is 15.5. The SMILES string of the molecule is Cc1ccccc1OCCC(=O)N1CCO[C@H](c2cccc(Nc3cc(C)n(C)n3)n2)C1. The molecule has 0 radical (unpaired) electrons. The number of aryl methyl sites for hydroxylation is 3. The van der Waals surface area contributed by atoms with Gasteiger partial charge >= 0.3 is 0 Å².